The van der Waals surface area contributed by atoms with Crippen molar-refractivity contribution in [1.29, 1.82) is 0 Å². The van der Waals surface area contributed by atoms with Crippen molar-refractivity contribution in [2.24, 2.45) is 7.05 Å². The van der Waals surface area contributed by atoms with Crippen molar-refractivity contribution in [3.05, 3.63) is 29.6 Å². The van der Waals surface area contributed by atoms with Crippen LogP contribution >= 0.6 is 0 Å². The molecule has 0 fully saturated rings. The lowest BCUT2D eigenvalue weighted by molar-refractivity contribution is 0.0689. The molecule has 102 valence electrons. The SMILES string of the molecule is CCCc1c(C(=O)O)nnn1CCc1nccn1C. The Balaban J connectivity index is 2.16. The molecule has 2 heterocycles. The topological polar surface area (TPSA) is 85.8 Å². The highest BCUT2D eigenvalue weighted by atomic mass is 16.4. The largest absolute Gasteiger partial charge is 0.476 e. The molecular formula is C12H17N5O2. The van der Waals surface area contributed by atoms with Gasteiger partial charge in [-0.05, 0) is 6.42 Å². The summed E-state index contributed by atoms with van der Waals surface area (Å²) < 4.78 is 3.61. The summed E-state index contributed by atoms with van der Waals surface area (Å²) in [5.74, 6) is -0.0819. The molecule has 0 atom stereocenters. The number of aromatic carboxylic acids is 1. The number of carboxylic acid groups (broad SMARTS) is 1. The number of nitrogens with zero attached hydrogens (tertiary/aromatic N) is 5. The maximum atomic E-state index is 11.1. The van der Waals surface area contributed by atoms with E-state index in [1.165, 1.54) is 0 Å². The first-order chi connectivity index (χ1) is 9.13. The van der Waals surface area contributed by atoms with E-state index in [1.54, 1.807) is 10.9 Å². The van der Waals surface area contributed by atoms with E-state index in [0.29, 0.717) is 25.1 Å². The molecule has 0 amide bonds. The van der Waals surface area contributed by atoms with Crippen LogP contribution < -0.4 is 0 Å². The van der Waals surface area contributed by atoms with E-state index in [1.807, 2.05) is 24.7 Å². The average Bonchev–Trinajstić information content (AvgIpc) is 2.94. The minimum atomic E-state index is -1.02. The first-order valence-electron chi connectivity index (χ1n) is 6.25. The van der Waals surface area contributed by atoms with Crippen LogP contribution in [0.5, 0.6) is 0 Å². The molecule has 0 spiro atoms. The maximum Gasteiger partial charge on any atom is 0.358 e. The Labute approximate surface area is 110 Å². The van der Waals surface area contributed by atoms with Crippen LogP contribution in [0.2, 0.25) is 0 Å². The standard InChI is InChI=1S/C12H17N5O2/c1-3-4-9-11(12(18)19)14-15-17(9)7-5-10-13-6-8-16(10)2/h6,8H,3-5,7H2,1-2H3,(H,18,19). The van der Waals surface area contributed by atoms with Crippen molar-refractivity contribution in [3.8, 4) is 0 Å². The summed E-state index contributed by atoms with van der Waals surface area (Å²) in [6.45, 7) is 2.59. The zero-order chi connectivity index (χ0) is 13.8. The fourth-order valence-corrected chi connectivity index (χ4v) is 2.01. The molecule has 7 heteroatoms. The van der Waals surface area contributed by atoms with Crippen molar-refractivity contribution < 1.29 is 9.90 Å². The average molecular weight is 263 g/mol. The fourth-order valence-electron chi connectivity index (χ4n) is 2.01. The van der Waals surface area contributed by atoms with Gasteiger partial charge in [0.25, 0.3) is 0 Å². The van der Waals surface area contributed by atoms with E-state index in [9.17, 15) is 4.79 Å². The highest BCUT2D eigenvalue weighted by Crippen LogP contribution is 2.09. The van der Waals surface area contributed by atoms with Gasteiger partial charge in [-0.15, -0.1) is 5.10 Å². The highest BCUT2D eigenvalue weighted by molar-refractivity contribution is 5.86. The molecule has 0 saturated carbocycles. The number of hydrogen-bond donors (Lipinski definition) is 1. The molecule has 0 bridgehead atoms. The second-order valence-electron chi connectivity index (χ2n) is 4.37. The third-order valence-electron chi connectivity index (χ3n) is 3.00. The number of imidazole rings is 1. The highest BCUT2D eigenvalue weighted by Gasteiger charge is 2.18. The van der Waals surface area contributed by atoms with E-state index < -0.39 is 5.97 Å². The Kier molecular flexibility index (Phi) is 3.94. The van der Waals surface area contributed by atoms with Gasteiger partial charge in [0.1, 0.15) is 5.82 Å². The lowest BCUT2D eigenvalue weighted by atomic mass is 10.2. The number of carboxylic acids is 1. The molecular weight excluding hydrogens is 246 g/mol. The van der Waals surface area contributed by atoms with Gasteiger partial charge in [-0.25, -0.2) is 14.5 Å². The molecule has 0 saturated heterocycles. The number of aryl methyl sites for hydroxylation is 3. The number of rotatable bonds is 6. The first kappa shape index (κ1) is 13.3. The molecule has 0 aromatic carbocycles. The van der Waals surface area contributed by atoms with Crippen molar-refractivity contribution >= 4 is 5.97 Å². The molecule has 0 aliphatic heterocycles. The van der Waals surface area contributed by atoms with Crippen molar-refractivity contribution in [2.45, 2.75) is 32.7 Å². The minimum absolute atomic E-state index is 0.0571. The van der Waals surface area contributed by atoms with Crippen LogP contribution in [0.4, 0.5) is 0 Å². The van der Waals surface area contributed by atoms with Crippen LogP contribution in [0.25, 0.3) is 0 Å². The summed E-state index contributed by atoms with van der Waals surface area (Å²) in [7, 11) is 1.93. The molecule has 0 aliphatic rings. The molecule has 0 radical (unpaired) electrons. The van der Waals surface area contributed by atoms with Crippen molar-refractivity contribution in [3.63, 3.8) is 0 Å². The molecule has 2 aromatic rings. The second-order valence-corrected chi connectivity index (χ2v) is 4.37. The summed E-state index contributed by atoms with van der Waals surface area (Å²) in [6.07, 6.45) is 5.84. The molecule has 2 aromatic heterocycles. The molecule has 0 aliphatic carbocycles. The first-order valence-corrected chi connectivity index (χ1v) is 6.25. The zero-order valence-electron chi connectivity index (χ0n) is 11.1. The van der Waals surface area contributed by atoms with Crippen molar-refractivity contribution in [1.82, 2.24) is 24.5 Å². The smallest absolute Gasteiger partial charge is 0.358 e. The Bertz CT molecular complexity index is 572. The molecule has 2 rings (SSSR count). The number of hydrogen-bond acceptors (Lipinski definition) is 4. The van der Waals surface area contributed by atoms with E-state index >= 15 is 0 Å². The maximum absolute atomic E-state index is 11.1. The predicted molar refractivity (Wildman–Crippen MR) is 67.9 cm³/mol. The van der Waals surface area contributed by atoms with E-state index in [-0.39, 0.29) is 5.69 Å². The van der Waals surface area contributed by atoms with E-state index in [0.717, 1.165) is 12.2 Å². The van der Waals surface area contributed by atoms with Crippen LogP contribution in [0.1, 0.15) is 35.4 Å². The van der Waals surface area contributed by atoms with Crippen LogP contribution in [0.3, 0.4) is 0 Å². The van der Waals surface area contributed by atoms with Gasteiger partial charge in [-0.3, -0.25) is 0 Å². The summed E-state index contributed by atoms with van der Waals surface area (Å²) in [5, 5.41) is 16.7. The van der Waals surface area contributed by atoms with Gasteiger partial charge in [-0.1, -0.05) is 18.6 Å². The van der Waals surface area contributed by atoms with Gasteiger partial charge in [-0.2, -0.15) is 0 Å². The Morgan fingerprint density at radius 1 is 1.42 bits per heavy atom. The van der Waals surface area contributed by atoms with Crippen molar-refractivity contribution in [2.75, 3.05) is 0 Å². The van der Waals surface area contributed by atoms with Gasteiger partial charge < -0.3 is 9.67 Å². The number of aromatic nitrogens is 5. The normalized spacial score (nSPS) is 10.8. The van der Waals surface area contributed by atoms with Crippen LogP contribution in [-0.4, -0.2) is 35.6 Å². The lowest BCUT2D eigenvalue weighted by Gasteiger charge is -2.06. The van der Waals surface area contributed by atoms with Crippen LogP contribution in [0, 0.1) is 0 Å². The van der Waals surface area contributed by atoms with Crippen LogP contribution in [-0.2, 0) is 26.4 Å². The summed E-state index contributed by atoms with van der Waals surface area (Å²) in [5.41, 5.74) is 0.742. The summed E-state index contributed by atoms with van der Waals surface area (Å²) in [4.78, 5) is 15.3. The number of carbonyl (C=O) groups is 1. The van der Waals surface area contributed by atoms with E-state index in [4.69, 9.17) is 5.11 Å². The van der Waals surface area contributed by atoms with E-state index in [2.05, 4.69) is 15.3 Å². The second kappa shape index (κ2) is 5.64. The molecule has 0 unspecified atom stereocenters. The fraction of sp³-hybridized carbons (Fsp3) is 0.500. The Morgan fingerprint density at radius 3 is 2.79 bits per heavy atom. The monoisotopic (exact) mass is 263 g/mol. The van der Waals surface area contributed by atoms with Gasteiger partial charge in [0.2, 0.25) is 0 Å². The Hall–Kier alpha value is -2.18. The third-order valence-corrected chi connectivity index (χ3v) is 3.00. The van der Waals surface area contributed by atoms with Crippen LogP contribution in [0.15, 0.2) is 12.4 Å². The van der Waals surface area contributed by atoms with Gasteiger partial charge in [0.15, 0.2) is 5.69 Å². The van der Waals surface area contributed by atoms with Gasteiger partial charge >= 0.3 is 5.97 Å². The lowest BCUT2D eigenvalue weighted by Crippen LogP contribution is -2.11. The summed E-state index contributed by atoms with van der Waals surface area (Å²) >= 11 is 0. The third kappa shape index (κ3) is 2.81. The molecule has 1 N–H and O–H groups in total. The zero-order valence-corrected chi connectivity index (χ0v) is 11.1. The molecule has 19 heavy (non-hydrogen) atoms. The van der Waals surface area contributed by atoms with Gasteiger partial charge in [0.05, 0.1) is 12.2 Å². The Morgan fingerprint density at radius 2 is 2.21 bits per heavy atom. The predicted octanol–water partition coefficient (Wildman–Crippen LogP) is 0.905. The minimum Gasteiger partial charge on any atom is -0.476 e. The quantitative estimate of drug-likeness (QED) is 0.837. The molecule has 7 nitrogen and oxygen atoms in total. The summed E-state index contributed by atoms with van der Waals surface area (Å²) in [6, 6.07) is 0. The van der Waals surface area contributed by atoms with Gasteiger partial charge in [0, 0.05) is 25.9 Å².